The smallest absolute Gasteiger partial charge is 0.321 e. The average molecular weight is 568 g/mol. The first-order valence-electron chi connectivity index (χ1n) is 12.4. The minimum Gasteiger partial charge on any atom is -0.481 e. The summed E-state index contributed by atoms with van der Waals surface area (Å²) in [5, 5.41) is 21.8. The van der Waals surface area contributed by atoms with Crippen molar-refractivity contribution in [1.29, 1.82) is 0 Å². The van der Waals surface area contributed by atoms with E-state index in [1.807, 2.05) is 6.92 Å². The molecule has 0 aromatic heterocycles. The Labute approximate surface area is 226 Å². The number of nitrogens with one attached hydrogen (secondary N) is 2. The predicted molar refractivity (Wildman–Crippen MR) is 138 cm³/mol. The summed E-state index contributed by atoms with van der Waals surface area (Å²) in [4.78, 5) is 56.9. The molecule has 220 valence electrons. The molecule has 0 spiro atoms. The fraction of sp³-hybridized carbons (Fsp3) is 0.783. The third-order valence-electron chi connectivity index (χ3n) is 4.70. The number of Topliss-reactive ketones (excluding diaryl/α,β-unsaturated/α-hetero) is 1. The molecule has 15 heteroatoms. The van der Waals surface area contributed by atoms with Gasteiger partial charge in [-0.1, -0.05) is 6.92 Å². The van der Waals surface area contributed by atoms with Gasteiger partial charge in [-0.3, -0.25) is 24.0 Å². The molecule has 2 unspecified atom stereocenters. The van der Waals surface area contributed by atoms with Crippen molar-refractivity contribution in [3.05, 3.63) is 0 Å². The van der Waals surface area contributed by atoms with Crippen LogP contribution in [0.1, 0.15) is 32.6 Å². The number of rotatable bonds is 26. The van der Waals surface area contributed by atoms with E-state index in [1.165, 1.54) is 0 Å². The molecule has 0 radical (unpaired) electrons. The predicted octanol–water partition coefficient (Wildman–Crippen LogP) is -0.967. The van der Waals surface area contributed by atoms with Gasteiger partial charge in [0.2, 0.25) is 11.8 Å². The van der Waals surface area contributed by atoms with Crippen LogP contribution in [0.2, 0.25) is 0 Å². The van der Waals surface area contributed by atoms with E-state index in [0.29, 0.717) is 59.1 Å². The van der Waals surface area contributed by atoms with E-state index in [0.717, 1.165) is 11.8 Å². The molecule has 0 aliphatic rings. The Balaban J connectivity index is 3.69. The quantitative estimate of drug-likeness (QED) is 0.0797. The molecule has 0 bridgehead atoms. The van der Waals surface area contributed by atoms with Crippen molar-refractivity contribution in [2.24, 2.45) is 5.73 Å². The fourth-order valence-electron chi connectivity index (χ4n) is 2.57. The number of ether oxygens (including phenoxy) is 4. The van der Waals surface area contributed by atoms with Crippen LogP contribution in [0.15, 0.2) is 0 Å². The lowest BCUT2D eigenvalue weighted by atomic mass is 10.2. The van der Waals surface area contributed by atoms with Crippen LogP contribution < -0.4 is 16.4 Å². The molecule has 0 aromatic carbocycles. The SMILES string of the molecule is CCC(=O)CCOCCOCCOCCOCCNC(=O)CCNC(=O)C(CC(=O)O)SCC(N)C(=O)O. The fourth-order valence-corrected chi connectivity index (χ4v) is 3.64. The Morgan fingerprint density at radius 2 is 1.34 bits per heavy atom. The third kappa shape index (κ3) is 21.8. The van der Waals surface area contributed by atoms with E-state index >= 15 is 0 Å². The molecule has 2 amide bonds. The minimum atomic E-state index is -1.25. The lowest BCUT2D eigenvalue weighted by molar-refractivity contribution is -0.138. The second-order valence-corrected chi connectivity index (χ2v) is 9.08. The molecule has 0 saturated heterocycles. The molecule has 0 aliphatic carbocycles. The number of carboxylic acids is 2. The van der Waals surface area contributed by atoms with Gasteiger partial charge in [-0.15, -0.1) is 11.8 Å². The van der Waals surface area contributed by atoms with E-state index < -0.39 is 35.6 Å². The largest absolute Gasteiger partial charge is 0.481 e. The number of carboxylic acid groups (broad SMARTS) is 2. The Hall–Kier alpha value is -2.30. The van der Waals surface area contributed by atoms with E-state index in [1.54, 1.807) is 0 Å². The van der Waals surface area contributed by atoms with Crippen LogP contribution in [-0.2, 0) is 42.9 Å². The van der Waals surface area contributed by atoms with Gasteiger partial charge in [0, 0.05) is 38.1 Å². The van der Waals surface area contributed by atoms with Crippen LogP contribution in [0.5, 0.6) is 0 Å². The first kappa shape index (κ1) is 35.7. The molecule has 2 atom stereocenters. The van der Waals surface area contributed by atoms with Gasteiger partial charge in [0.15, 0.2) is 0 Å². The van der Waals surface area contributed by atoms with Crippen LogP contribution in [0.4, 0.5) is 0 Å². The second-order valence-electron chi connectivity index (χ2n) is 7.85. The van der Waals surface area contributed by atoms with Gasteiger partial charge in [-0.2, -0.15) is 0 Å². The number of hydrogen-bond acceptors (Lipinski definition) is 11. The van der Waals surface area contributed by atoms with Gasteiger partial charge in [0.05, 0.1) is 64.5 Å². The maximum atomic E-state index is 12.2. The number of nitrogens with two attached hydrogens (primary N) is 1. The lowest BCUT2D eigenvalue weighted by Gasteiger charge is -2.16. The standard InChI is InChI=1S/C23H41N3O11S/c1-2-17(27)4-7-34-9-11-36-13-14-37-12-10-35-8-6-25-20(28)3-5-26-22(31)19(15-21(29)30)38-16-18(24)23(32)33/h18-19H,2-16,24H2,1H3,(H,25,28)(H,26,31)(H,29,30)(H,32,33). The minimum absolute atomic E-state index is 0.00620. The summed E-state index contributed by atoms with van der Waals surface area (Å²) in [6.45, 7) is 5.13. The van der Waals surface area contributed by atoms with E-state index in [2.05, 4.69) is 10.6 Å². The Bertz CT molecular complexity index is 712. The highest BCUT2D eigenvalue weighted by Gasteiger charge is 2.24. The third-order valence-corrected chi connectivity index (χ3v) is 6.04. The van der Waals surface area contributed by atoms with Crippen molar-refractivity contribution in [3.8, 4) is 0 Å². The molecule has 0 rings (SSSR count). The topological polar surface area (TPSA) is 213 Å². The summed E-state index contributed by atoms with van der Waals surface area (Å²) < 4.78 is 21.3. The second kappa shape index (κ2) is 23.8. The molecule has 0 aromatic rings. The van der Waals surface area contributed by atoms with Gasteiger partial charge in [-0.05, 0) is 0 Å². The van der Waals surface area contributed by atoms with Crippen molar-refractivity contribution < 1.29 is 53.1 Å². The highest BCUT2D eigenvalue weighted by atomic mass is 32.2. The van der Waals surface area contributed by atoms with Gasteiger partial charge >= 0.3 is 11.9 Å². The van der Waals surface area contributed by atoms with Crippen molar-refractivity contribution in [2.45, 2.75) is 43.9 Å². The van der Waals surface area contributed by atoms with Gasteiger partial charge in [0.1, 0.15) is 11.8 Å². The van der Waals surface area contributed by atoms with Crippen molar-refractivity contribution in [1.82, 2.24) is 10.6 Å². The Morgan fingerprint density at radius 3 is 1.87 bits per heavy atom. The summed E-state index contributed by atoms with van der Waals surface area (Å²) in [5.41, 5.74) is 5.39. The monoisotopic (exact) mass is 567 g/mol. The lowest BCUT2D eigenvalue weighted by Crippen LogP contribution is -2.39. The summed E-state index contributed by atoms with van der Waals surface area (Å²) in [6, 6.07) is -1.22. The maximum absolute atomic E-state index is 12.2. The summed E-state index contributed by atoms with van der Waals surface area (Å²) in [5.74, 6) is -3.34. The van der Waals surface area contributed by atoms with Crippen molar-refractivity contribution in [2.75, 3.05) is 71.7 Å². The average Bonchev–Trinajstić information content (AvgIpc) is 2.87. The Kier molecular flexibility index (Phi) is 22.4. The number of carbonyl (C=O) groups excluding carboxylic acids is 3. The zero-order chi connectivity index (χ0) is 28.6. The normalized spacial score (nSPS) is 12.5. The Morgan fingerprint density at radius 1 is 0.789 bits per heavy atom. The molecular weight excluding hydrogens is 526 g/mol. The molecule has 14 nitrogen and oxygen atoms in total. The zero-order valence-electron chi connectivity index (χ0n) is 21.8. The first-order valence-corrected chi connectivity index (χ1v) is 13.4. The van der Waals surface area contributed by atoms with Crippen LogP contribution in [0.25, 0.3) is 0 Å². The summed E-state index contributed by atoms with van der Waals surface area (Å²) >= 11 is 0.839. The molecular formula is C23H41N3O11S. The van der Waals surface area contributed by atoms with Crippen molar-refractivity contribution >= 4 is 41.3 Å². The summed E-state index contributed by atoms with van der Waals surface area (Å²) in [7, 11) is 0. The highest BCUT2D eigenvalue weighted by molar-refractivity contribution is 8.00. The van der Waals surface area contributed by atoms with Gasteiger partial charge in [0.25, 0.3) is 0 Å². The number of carbonyl (C=O) groups is 5. The van der Waals surface area contributed by atoms with Crippen LogP contribution >= 0.6 is 11.8 Å². The number of aliphatic carboxylic acids is 2. The van der Waals surface area contributed by atoms with Crippen LogP contribution in [0, 0.1) is 0 Å². The molecule has 38 heavy (non-hydrogen) atoms. The van der Waals surface area contributed by atoms with Crippen LogP contribution in [0.3, 0.4) is 0 Å². The van der Waals surface area contributed by atoms with Gasteiger partial charge < -0.3 is 45.5 Å². The first-order chi connectivity index (χ1) is 18.2. The van der Waals surface area contributed by atoms with E-state index in [-0.39, 0.29) is 43.6 Å². The van der Waals surface area contributed by atoms with Crippen molar-refractivity contribution in [3.63, 3.8) is 0 Å². The number of thioether (sulfide) groups is 1. The van der Waals surface area contributed by atoms with Gasteiger partial charge in [-0.25, -0.2) is 0 Å². The van der Waals surface area contributed by atoms with E-state index in [9.17, 15) is 24.0 Å². The number of amides is 2. The zero-order valence-corrected chi connectivity index (χ0v) is 22.6. The molecule has 6 N–H and O–H groups in total. The maximum Gasteiger partial charge on any atom is 0.321 e. The summed E-state index contributed by atoms with van der Waals surface area (Å²) in [6.07, 6.45) is 0.427. The van der Waals surface area contributed by atoms with E-state index in [4.69, 9.17) is 34.9 Å². The molecule has 0 heterocycles. The number of ketones is 1. The molecule has 0 fully saturated rings. The number of hydrogen-bond donors (Lipinski definition) is 5. The van der Waals surface area contributed by atoms with Crippen LogP contribution in [-0.4, -0.2) is 123 Å². The molecule has 0 aliphatic heterocycles. The highest BCUT2D eigenvalue weighted by Crippen LogP contribution is 2.16. The molecule has 0 saturated carbocycles.